The Bertz CT molecular complexity index is 160. The lowest BCUT2D eigenvalue weighted by molar-refractivity contribution is 0.149. The molecule has 0 aliphatic heterocycles. The Kier molecular flexibility index (Phi) is 8.67. The Morgan fingerprint density at radius 3 is 2.43 bits per heavy atom. The predicted molar refractivity (Wildman–Crippen MR) is 58.9 cm³/mol. The third-order valence-electron chi connectivity index (χ3n) is 2.40. The molecule has 2 nitrogen and oxygen atoms in total. The van der Waals surface area contributed by atoms with Gasteiger partial charge in [0.2, 0.25) is 0 Å². The fraction of sp³-hybridized carbons (Fsp3) is 0.917. The van der Waals surface area contributed by atoms with E-state index in [4.69, 9.17) is 10.00 Å². The minimum atomic E-state index is 0.235. The number of nitrogens with zero attached hydrogens (tertiary/aromatic N) is 1. The number of nitriles is 1. The lowest BCUT2D eigenvalue weighted by Gasteiger charge is -2.11. The van der Waals surface area contributed by atoms with Crippen molar-refractivity contribution in [3.05, 3.63) is 0 Å². The van der Waals surface area contributed by atoms with Crippen molar-refractivity contribution >= 4 is 0 Å². The lowest BCUT2D eigenvalue weighted by Crippen LogP contribution is -2.03. The van der Waals surface area contributed by atoms with E-state index in [0.717, 1.165) is 24.9 Å². The number of hydrogen-bond acceptors (Lipinski definition) is 2. The molecule has 0 amide bonds. The maximum atomic E-state index is 8.26. The molecule has 0 spiro atoms. The number of hydrogen-bond donors (Lipinski definition) is 0. The van der Waals surface area contributed by atoms with Gasteiger partial charge in [-0.2, -0.15) is 5.26 Å². The molecule has 0 unspecified atom stereocenters. The predicted octanol–water partition coefficient (Wildman–Crippen LogP) is 3.38. The Balaban J connectivity index is 3.20. The normalized spacial score (nSPS) is 12.8. The van der Waals surface area contributed by atoms with Crippen molar-refractivity contribution in [1.29, 1.82) is 5.26 Å². The van der Waals surface area contributed by atoms with Gasteiger partial charge in [0.15, 0.2) is 0 Å². The first-order valence-electron chi connectivity index (χ1n) is 5.61. The standard InChI is InChI=1S/C12H23NO/c1-11(2)5-4-6-12(3)7-9-14-10-8-13/h11-12H,4-7,9-10H2,1-3H3/t12-/m0/s1. The van der Waals surface area contributed by atoms with E-state index in [1.165, 1.54) is 19.3 Å². The summed E-state index contributed by atoms with van der Waals surface area (Å²) in [6, 6.07) is 1.98. The van der Waals surface area contributed by atoms with Gasteiger partial charge in [-0.25, -0.2) is 0 Å². The van der Waals surface area contributed by atoms with Crippen molar-refractivity contribution in [3.63, 3.8) is 0 Å². The summed E-state index contributed by atoms with van der Waals surface area (Å²) in [6.07, 6.45) is 5.01. The summed E-state index contributed by atoms with van der Waals surface area (Å²) in [5.41, 5.74) is 0. The zero-order valence-corrected chi connectivity index (χ0v) is 9.75. The molecule has 0 rings (SSSR count). The molecule has 0 saturated carbocycles. The molecule has 0 N–H and O–H groups in total. The summed E-state index contributed by atoms with van der Waals surface area (Å²) >= 11 is 0. The highest BCUT2D eigenvalue weighted by atomic mass is 16.5. The summed E-state index contributed by atoms with van der Waals surface area (Å²) in [6.45, 7) is 7.76. The molecule has 0 bridgehead atoms. The minimum Gasteiger partial charge on any atom is -0.367 e. The lowest BCUT2D eigenvalue weighted by atomic mass is 9.98. The molecule has 0 aliphatic rings. The van der Waals surface area contributed by atoms with Gasteiger partial charge in [-0.15, -0.1) is 0 Å². The Morgan fingerprint density at radius 1 is 1.14 bits per heavy atom. The summed E-state index contributed by atoms with van der Waals surface area (Å²) < 4.78 is 5.12. The highest BCUT2D eigenvalue weighted by Crippen LogP contribution is 2.14. The van der Waals surface area contributed by atoms with Crippen LogP contribution in [0, 0.1) is 23.2 Å². The molecule has 0 aromatic heterocycles. The average Bonchev–Trinajstić information content (AvgIpc) is 2.12. The van der Waals surface area contributed by atoms with Crippen molar-refractivity contribution in [3.8, 4) is 6.07 Å². The zero-order chi connectivity index (χ0) is 10.8. The van der Waals surface area contributed by atoms with Crippen LogP contribution in [-0.2, 0) is 4.74 Å². The van der Waals surface area contributed by atoms with Crippen LogP contribution in [0.4, 0.5) is 0 Å². The summed E-state index contributed by atoms with van der Waals surface area (Å²) in [5.74, 6) is 1.55. The topological polar surface area (TPSA) is 33.0 Å². The fourth-order valence-electron chi connectivity index (χ4n) is 1.42. The first kappa shape index (κ1) is 13.4. The van der Waals surface area contributed by atoms with Gasteiger partial charge in [0.1, 0.15) is 6.61 Å². The van der Waals surface area contributed by atoms with E-state index in [0.29, 0.717) is 0 Å². The molecule has 82 valence electrons. The molecule has 0 radical (unpaired) electrons. The molecule has 14 heavy (non-hydrogen) atoms. The van der Waals surface area contributed by atoms with E-state index in [1.807, 2.05) is 6.07 Å². The van der Waals surface area contributed by atoms with Crippen LogP contribution in [-0.4, -0.2) is 13.2 Å². The third kappa shape index (κ3) is 9.54. The molecule has 1 atom stereocenters. The van der Waals surface area contributed by atoms with E-state index >= 15 is 0 Å². The van der Waals surface area contributed by atoms with Crippen LogP contribution in [0.25, 0.3) is 0 Å². The molecule has 2 heteroatoms. The molecular formula is C12H23NO. The van der Waals surface area contributed by atoms with Crippen LogP contribution in [0.5, 0.6) is 0 Å². The first-order chi connectivity index (χ1) is 6.66. The number of ether oxygens (including phenoxy) is 1. The third-order valence-corrected chi connectivity index (χ3v) is 2.40. The van der Waals surface area contributed by atoms with Crippen LogP contribution in [0.15, 0.2) is 0 Å². The smallest absolute Gasteiger partial charge is 0.133 e. The number of rotatable bonds is 8. The average molecular weight is 197 g/mol. The van der Waals surface area contributed by atoms with Gasteiger partial charge in [0.25, 0.3) is 0 Å². The maximum Gasteiger partial charge on any atom is 0.133 e. The first-order valence-corrected chi connectivity index (χ1v) is 5.61. The molecular weight excluding hydrogens is 174 g/mol. The van der Waals surface area contributed by atoms with E-state index in [2.05, 4.69) is 20.8 Å². The summed E-state index contributed by atoms with van der Waals surface area (Å²) in [4.78, 5) is 0. The van der Waals surface area contributed by atoms with Crippen LogP contribution in [0.2, 0.25) is 0 Å². The molecule has 0 heterocycles. The molecule has 0 aromatic rings. The van der Waals surface area contributed by atoms with E-state index < -0.39 is 0 Å². The van der Waals surface area contributed by atoms with Crippen molar-refractivity contribution in [2.75, 3.05) is 13.2 Å². The fourth-order valence-corrected chi connectivity index (χ4v) is 1.42. The second-order valence-corrected chi connectivity index (χ2v) is 4.43. The van der Waals surface area contributed by atoms with Gasteiger partial charge in [-0.3, -0.25) is 0 Å². The second kappa shape index (κ2) is 9.02. The maximum absolute atomic E-state index is 8.26. The van der Waals surface area contributed by atoms with Gasteiger partial charge in [0.05, 0.1) is 6.07 Å². The zero-order valence-electron chi connectivity index (χ0n) is 9.75. The van der Waals surface area contributed by atoms with Gasteiger partial charge in [0, 0.05) is 6.61 Å². The largest absolute Gasteiger partial charge is 0.367 e. The Morgan fingerprint density at radius 2 is 1.86 bits per heavy atom. The molecule has 0 fully saturated rings. The van der Waals surface area contributed by atoms with Crippen molar-refractivity contribution in [2.45, 2.75) is 46.5 Å². The molecule has 0 aliphatic carbocycles. The Hall–Kier alpha value is -0.550. The van der Waals surface area contributed by atoms with Crippen molar-refractivity contribution in [1.82, 2.24) is 0 Å². The monoisotopic (exact) mass is 197 g/mol. The second-order valence-electron chi connectivity index (χ2n) is 4.43. The molecule has 0 aromatic carbocycles. The van der Waals surface area contributed by atoms with Crippen molar-refractivity contribution < 1.29 is 4.74 Å². The Labute approximate surface area is 88.3 Å². The van der Waals surface area contributed by atoms with Gasteiger partial charge >= 0.3 is 0 Å². The summed E-state index contributed by atoms with van der Waals surface area (Å²) in [5, 5.41) is 8.26. The van der Waals surface area contributed by atoms with Gasteiger partial charge in [-0.1, -0.05) is 40.0 Å². The van der Waals surface area contributed by atoms with Crippen LogP contribution in [0.3, 0.4) is 0 Å². The van der Waals surface area contributed by atoms with Crippen molar-refractivity contribution in [2.24, 2.45) is 11.8 Å². The summed E-state index contributed by atoms with van der Waals surface area (Å²) in [7, 11) is 0. The SMILES string of the molecule is CC(C)CCC[C@H](C)CCOCC#N. The highest BCUT2D eigenvalue weighted by molar-refractivity contribution is 4.66. The quantitative estimate of drug-likeness (QED) is 0.559. The van der Waals surface area contributed by atoms with Gasteiger partial charge in [-0.05, 0) is 18.3 Å². The van der Waals surface area contributed by atoms with Crippen LogP contribution >= 0.6 is 0 Å². The minimum absolute atomic E-state index is 0.235. The van der Waals surface area contributed by atoms with Crippen LogP contribution in [0.1, 0.15) is 46.5 Å². The highest BCUT2D eigenvalue weighted by Gasteiger charge is 2.02. The van der Waals surface area contributed by atoms with Gasteiger partial charge < -0.3 is 4.74 Å². The van der Waals surface area contributed by atoms with E-state index in [-0.39, 0.29) is 6.61 Å². The van der Waals surface area contributed by atoms with E-state index in [9.17, 15) is 0 Å². The van der Waals surface area contributed by atoms with E-state index in [1.54, 1.807) is 0 Å². The molecule has 0 saturated heterocycles. The van der Waals surface area contributed by atoms with Crippen LogP contribution < -0.4 is 0 Å².